The Labute approximate surface area is 129 Å². The van der Waals surface area contributed by atoms with Crippen molar-refractivity contribution in [2.75, 3.05) is 36.0 Å². The highest BCUT2D eigenvalue weighted by molar-refractivity contribution is 7.91. The molecule has 2 saturated heterocycles. The number of benzene rings is 1. The van der Waals surface area contributed by atoms with Gasteiger partial charge in [-0.2, -0.15) is 0 Å². The first-order valence-corrected chi connectivity index (χ1v) is 9.30. The van der Waals surface area contributed by atoms with E-state index in [-0.39, 0.29) is 23.5 Å². The molecular formula is C15H19FN2O3S. The summed E-state index contributed by atoms with van der Waals surface area (Å²) in [5, 5.41) is 0. The summed E-state index contributed by atoms with van der Waals surface area (Å²) in [4.78, 5) is 16.0. The summed E-state index contributed by atoms with van der Waals surface area (Å²) in [6.45, 7) is 1.44. The third-order valence-electron chi connectivity index (χ3n) is 4.35. The summed E-state index contributed by atoms with van der Waals surface area (Å²) in [6, 6.07) is 5.90. The second-order valence-corrected chi connectivity index (χ2v) is 8.09. The molecule has 0 saturated carbocycles. The van der Waals surface area contributed by atoms with E-state index in [1.54, 1.807) is 18.2 Å². The Bertz CT molecular complexity index is 677. The van der Waals surface area contributed by atoms with Crippen molar-refractivity contribution in [2.24, 2.45) is 0 Å². The van der Waals surface area contributed by atoms with Crippen LogP contribution in [-0.4, -0.2) is 56.4 Å². The van der Waals surface area contributed by atoms with Gasteiger partial charge in [-0.1, -0.05) is 12.1 Å². The van der Waals surface area contributed by atoms with Crippen molar-refractivity contribution in [1.29, 1.82) is 0 Å². The van der Waals surface area contributed by atoms with Gasteiger partial charge in [-0.3, -0.25) is 9.69 Å². The largest absolute Gasteiger partial charge is 0.308 e. The predicted octanol–water partition coefficient (Wildman–Crippen LogP) is 1.05. The SMILES string of the molecule is O=C1C(N2CCCS(=O)(=O)CC2)CCN1c1ccccc1F. The third-order valence-corrected chi connectivity index (χ3v) is 6.07. The molecule has 1 amide bonds. The van der Waals surface area contributed by atoms with E-state index in [1.807, 2.05) is 4.90 Å². The van der Waals surface area contributed by atoms with Crippen molar-refractivity contribution in [3.63, 3.8) is 0 Å². The summed E-state index contributed by atoms with van der Waals surface area (Å²) in [5.41, 5.74) is 0.303. The standard InChI is InChI=1S/C15H19FN2O3S/c16-12-4-1-2-5-13(12)18-8-6-14(15(18)19)17-7-3-10-22(20,21)11-9-17/h1-2,4-5,14H,3,6-11H2. The fourth-order valence-electron chi connectivity index (χ4n) is 3.18. The Morgan fingerprint density at radius 2 is 1.86 bits per heavy atom. The van der Waals surface area contributed by atoms with Gasteiger partial charge in [0.15, 0.2) is 9.84 Å². The minimum atomic E-state index is -3.00. The van der Waals surface area contributed by atoms with Crippen molar-refractivity contribution in [3.8, 4) is 0 Å². The van der Waals surface area contributed by atoms with Gasteiger partial charge in [0, 0.05) is 13.1 Å². The molecule has 1 aromatic rings. The zero-order valence-electron chi connectivity index (χ0n) is 12.2. The quantitative estimate of drug-likeness (QED) is 0.815. The molecule has 0 N–H and O–H groups in total. The zero-order chi connectivity index (χ0) is 15.7. The van der Waals surface area contributed by atoms with E-state index in [4.69, 9.17) is 0 Å². The number of halogens is 1. The fourth-order valence-corrected chi connectivity index (χ4v) is 4.47. The molecule has 1 atom stereocenters. The Morgan fingerprint density at radius 3 is 2.64 bits per heavy atom. The summed E-state index contributed by atoms with van der Waals surface area (Å²) in [7, 11) is -3.00. The van der Waals surface area contributed by atoms with Crippen LogP contribution in [0.5, 0.6) is 0 Å². The number of carbonyl (C=O) groups excluding carboxylic acids is 1. The average molecular weight is 326 g/mol. The van der Waals surface area contributed by atoms with Crippen LogP contribution in [0.2, 0.25) is 0 Å². The van der Waals surface area contributed by atoms with Crippen molar-refractivity contribution >= 4 is 21.4 Å². The predicted molar refractivity (Wildman–Crippen MR) is 82.0 cm³/mol. The lowest BCUT2D eigenvalue weighted by atomic mass is 10.2. The van der Waals surface area contributed by atoms with Gasteiger partial charge < -0.3 is 4.90 Å². The molecule has 0 bridgehead atoms. The van der Waals surface area contributed by atoms with Gasteiger partial charge in [0.05, 0.1) is 23.2 Å². The van der Waals surface area contributed by atoms with Crippen molar-refractivity contribution < 1.29 is 17.6 Å². The number of amides is 1. The molecule has 2 aliphatic rings. The molecule has 2 fully saturated rings. The molecule has 1 unspecified atom stereocenters. The first-order valence-electron chi connectivity index (χ1n) is 7.48. The molecule has 0 radical (unpaired) electrons. The molecule has 2 heterocycles. The monoisotopic (exact) mass is 326 g/mol. The van der Waals surface area contributed by atoms with Gasteiger partial charge in [0.25, 0.3) is 0 Å². The Balaban J connectivity index is 1.75. The maximum Gasteiger partial charge on any atom is 0.244 e. The molecule has 1 aromatic carbocycles. The number of para-hydroxylation sites is 1. The van der Waals surface area contributed by atoms with E-state index in [1.165, 1.54) is 11.0 Å². The van der Waals surface area contributed by atoms with Crippen LogP contribution in [0, 0.1) is 5.82 Å². The lowest BCUT2D eigenvalue weighted by Gasteiger charge is -2.26. The summed E-state index contributed by atoms with van der Waals surface area (Å²) in [6.07, 6.45) is 1.15. The normalized spacial score (nSPS) is 26.1. The second kappa shape index (κ2) is 5.96. The van der Waals surface area contributed by atoms with Crippen LogP contribution in [0.4, 0.5) is 10.1 Å². The number of sulfone groups is 1. The molecule has 3 rings (SSSR count). The molecule has 7 heteroatoms. The van der Waals surface area contributed by atoms with E-state index in [2.05, 4.69) is 0 Å². The molecular weight excluding hydrogens is 307 g/mol. The molecule has 0 aromatic heterocycles. The summed E-state index contributed by atoms with van der Waals surface area (Å²) < 4.78 is 37.2. The molecule has 2 aliphatic heterocycles. The Kier molecular flexibility index (Phi) is 4.18. The first kappa shape index (κ1) is 15.4. The van der Waals surface area contributed by atoms with Gasteiger partial charge in [0.1, 0.15) is 5.82 Å². The lowest BCUT2D eigenvalue weighted by Crippen LogP contribution is -2.43. The number of nitrogens with zero attached hydrogens (tertiary/aromatic N) is 2. The van der Waals surface area contributed by atoms with E-state index in [0.29, 0.717) is 38.2 Å². The number of hydrogen-bond donors (Lipinski definition) is 0. The molecule has 22 heavy (non-hydrogen) atoms. The van der Waals surface area contributed by atoms with E-state index >= 15 is 0 Å². The average Bonchev–Trinajstić information content (AvgIpc) is 2.75. The smallest absolute Gasteiger partial charge is 0.244 e. The van der Waals surface area contributed by atoms with Gasteiger partial charge in [0.2, 0.25) is 5.91 Å². The minimum Gasteiger partial charge on any atom is -0.308 e. The number of hydrogen-bond acceptors (Lipinski definition) is 4. The maximum absolute atomic E-state index is 13.9. The van der Waals surface area contributed by atoms with Crippen LogP contribution in [0.1, 0.15) is 12.8 Å². The van der Waals surface area contributed by atoms with Crippen LogP contribution in [0.3, 0.4) is 0 Å². The molecule has 5 nitrogen and oxygen atoms in total. The van der Waals surface area contributed by atoms with Gasteiger partial charge in [-0.15, -0.1) is 0 Å². The lowest BCUT2D eigenvalue weighted by molar-refractivity contribution is -0.121. The molecule has 0 spiro atoms. The number of rotatable bonds is 2. The third kappa shape index (κ3) is 3.01. The van der Waals surface area contributed by atoms with Gasteiger partial charge in [-0.25, -0.2) is 12.8 Å². The number of carbonyl (C=O) groups is 1. The van der Waals surface area contributed by atoms with Crippen LogP contribution in [0.15, 0.2) is 24.3 Å². The van der Waals surface area contributed by atoms with Crippen molar-refractivity contribution in [2.45, 2.75) is 18.9 Å². The minimum absolute atomic E-state index is 0.0937. The van der Waals surface area contributed by atoms with Crippen molar-refractivity contribution in [3.05, 3.63) is 30.1 Å². The van der Waals surface area contributed by atoms with E-state index in [0.717, 1.165) is 0 Å². The zero-order valence-corrected chi connectivity index (χ0v) is 13.1. The summed E-state index contributed by atoms with van der Waals surface area (Å²) in [5.74, 6) is -0.267. The van der Waals surface area contributed by atoms with E-state index in [9.17, 15) is 17.6 Å². The van der Waals surface area contributed by atoms with Crippen molar-refractivity contribution in [1.82, 2.24) is 4.90 Å². The highest BCUT2D eigenvalue weighted by atomic mass is 32.2. The topological polar surface area (TPSA) is 57.7 Å². The Hall–Kier alpha value is -1.47. The molecule has 0 aliphatic carbocycles. The number of anilines is 1. The Morgan fingerprint density at radius 1 is 1.09 bits per heavy atom. The highest BCUT2D eigenvalue weighted by Crippen LogP contribution is 2.27. The van der Waals surface area contributed by atoms with Gasteiger partial charge >= 0.3 is 0 Å². The van der Waals surface area contributed by atoms with Crippen LogP contribution >= 0.6 is 0 Å². The maximum atomic E-state index is 13.9. The van der Waals surface area contributed by atoms with Crippen LogP contribution in [0.25, 0.3) is 0 Å². The van der Waals surface area contributed by atoms with Crippen LogP contribution in [-0.2, 0) is 14.6 Å². The highest BCUT2D eigenvalue weighted by Gasteiger charge is 2.38. The van der Waals surface area contributed by atoms with E-state index < -0.39 is 15.7 Å². The second-order valence-electron chi connectivity index (χ2n) is 5.79. The van der Waals surface area contributed by atoms with Crippen LogP contribution < -0.4 is 4.90 Å². The fraction of sp³-hybridized carbons (Fsp3) is 0.533. The first-order chi connectivity index (χ1) is 10.5. The summed E-state index contributed by atoms with van der Waals surface area (Å²) >= 11 is 0. The van der Waals surface area contributed by atoms with Gasteiger partial charge in [-0.05, 0) is 31.5 Å². The molecule has 120 valence electrons.